The van der Waals surface area contributed by atoms with Gasteiger partial charge in [0.1, 0.15) is 0 Å². The Morgan fingerprint density at radius 3 is 2.09 bits per heavy atom. The van der Waals surface area contributed by atoms with Crippen LogP contribution in [-0.2, 0) is 17.9 Å². The summed E-state index contributed by atoms with van der Waals surface area (Å²) in [7, 11) is 12.3. The molecule has 6 heteroatoms. The van der Waals surface area contributed by atoms with Crippen molar-refractivity contribution in [1.82, 2.24) is 0 Å². The van der Waals surface area contributed by atoms with Gasteiger partial charge in [-0.15, -0.1) is 0 Å². The number of halogens is 2. The summed E-state index contributed by atoms with van der Waals surface area (Å²) in [6.45, 7) is 21.9. The van der Waals surface area contributed by atoms with Crippen molar-refractivity contribution in [1.29, 1.82) is 0 Å². The zero-order chi connectivity index (χ0) is 33.2. The van der Waals surface area contributed by atoms with Crippen LogP contribution in [0.5, 0.6) is 0 Å². The van der Waals surface area contributed by atoms with Crippen LogP contribution in [0.2, 0.25) is 39.3 Å². The number of unbranched alkanes of at least 4 members (excludes halogenated alkanes) is 1. The molecule has 4 aromatic rings. The molecular weight excluding hydrogens is 727 g/mol. The molecule has 46 heavy (non-hydrogen) atoms. The number of hydrogen-bond acceptors (Lipinski definition) is 0. The molecule has 2 aliphatic rings. The Bertz CT molecular complexity index is 1810. The second kappa shape index (κ2) is 12.9. The van der Waals surface area contributed by atoms with E-state index in [1.54, 1.807) is 10.4 Å². The molecular formula is C40H50Cl2Si3Zr. The SMILES string of the molecule is CCCCC1=Cc2c(ccc(C(C)C)c2-c2cc([Si](C)(C)C)cc([Si](C)(C)C)c2)[CH]1[Zr]([Cl])([Cl])[c]1cccc2c1[SiH2]c1ccccc1-2. The Morgan fingerprint density at radius 1 is 0.804 bits per heavy atom. The average molecular weight is 777 g/mol. The number of rotatable bonds is 9. The molecule has 1 aliphatic carbocycles. The van der Waals surface area contributed by atoms with Crippen molar-refractivity contribution in [2.45, 2.75) is 88.9 Å². The summed E-state index contributed by atoms with van der Waals surface area (Å²) >= 11 is -4.04. The molecule has 4 aromatic carbocycles. The molecule has 0 N–H and O–H groups in total. The first-order valence-corrected chi connectivity index (χ1v) is 34.6. The number of hydrogen-bond donors (Lipinski definition) is 0. The molecule has 0 spiro atoms. The van der Waals surface area contributed by atoms with E-state index < -0.39 is 43.5 Å². The molecule has 0 saturated heterocycles. The maximum absolute atomic E-state index is 8.03. The van der Waals surface area contributed by atoms with Gasteiger partial charge in [0.05, 0.1) is 0 Å². The van der Waals surface area contributed by atoms with Gasteiger partial charge in [0.25, 0.3) is 0 Å². The minimum atomic E-state index is -4.04. The van der Waals surface area contributed by atoms with E-state index in [0.29, 0.717) is 5.92 Å². The van der Waals surface area contributed by atoms with E-state index in [0.717, 1.165) is 12.8 Å². The monoisotopic (exact) mass is 774 g/mol. The Kier molecular flexibility index (Phi) is 9.69. The summed E-state index contributed by atoms with van der Waals surface area (Å²) < 4.78 is 1.45. The van der Waals surface area contributed by atoms with Crippen LogP contribution in [0.3, 0.4) is 0 Å². The van der Waals surface area contributed by atoms with Crippen LogP contribution < -0.4 is 24.0 Å². The molecule has 1 atom stereocenters. The van der Waals surface area contributed by atoms with E-state index in [1.165, 1.54) is 64.6 Å². The first-order chi connectivity index (χ1) is 21.6. The summed E-state index contributed by atoms with van der Waals surface area (Å²) in [5.74, 6) is 0.417. The summed E-state index contributed by atoms with van der Waals surface area (Å²) in [6.07, 6.45) is 5.94. The van der Waals surface area contributed by atoms with Crippen LogP contribution in [0.25, 0.3) is 28.3 Å². The fourth-order valence-corrected chi connectivity index (χ4v) is 27.0. The molecule has 0 amide bonds. The summed E-state index contributed by atoms with van der Waals surface area (Å²) in [5, 5.41) is 6.16. The Labute approximate surface area is 294 Å². The molecule has 0 bridgehead atoms. The quantitative estimate of drug-likeness (QED) is 0.131. The van der Waals surface area contributed by atoms with Crippen LogP contribution in [0, 0.1) is 0 Å². The van der Waals surface area contributed by atoms with Gasteiger partial charge in [0, 0.05) is 0 Å². The summed E-state index contributed by atoms with van der Waals surface area (Å²) in [5.41, 5.74) is 11.3. The molecule has 0 radical (unpaired) electrons. The van der Waals surface area contributed by atoms with Crippen molar-refractivity contribution in [2.24, 2.45) is 0 Å². The zero-order valence-corrected chi connectivity index (χ0v) is 36.6. The molecule has 240 valence electrons. The third kappa shape index (κ3) is 6.30. The van der Waals surface area contributed by atoms with Crippen molar-refractivity contribution >= 4 is 72.8 Å². The van der Waals surface area contributed by atoms with Gasteiger partial charge >= 0.3 is 297 Å². The molecule has 6 rings (SSSR count). The summed E-state index contributed by atoms with van der Waals surface area (Å²) in [6, 6.07) is 28.3. The van der Waals surface area contributed by atoms with E-state index in [9.17, 15) is 0 Å². The van der Waals surface area contributed by atoms with E-state index in [4.69, 9.17) is 17.0 Å². The standard InChI is InChI=1S/C28H41Si2.C12H9Si.2ClH.Zr/c1-10-11-12-21-15-22-13-14-26(20(2)3)28(27(22)16-21)23-17-24(29(4,5)6)19-25(18-23)30(7,8)9;1-3-7-11-9(5-1)10-6-2-4-8-12(10)13-11;;;/h13-20H,10-12H2,1-9H3;1-7H,13H2;2*1H;/q;;;;+2/p-2. The van der Waals surface area contributed by atoms with E-state index in [2.05, 4.69) is 139 Å². The van der Waals surface area contributed by atoms with E-state index in [1.807, 2.05) is 0 Å². The Balaban J connectivity index is 1.58. The van der Waals surface area contributed by atoms with Crippen molar-refractivity contribution in [3.8, 4) is 22.3 Å². The van der Waals surface area contributed by atoms with Crippen LogP contribution in [0.4, 0.5) is 0 Å². The predicted molar refractivity (Wildman–Crippen MR) is 213 cm³/mol. The van der Waals surface area contributed by atoms with Gasteiger partial charge in [-0.25, -0.2) is 0 Å². The van der Waals surface area contributed by atoms with Gasteiger partial charge in [-0.1, -0.05) is 0 Å². The fraction of sp³-hybridized carbons (Fsp3) is 0.350. The number of allylic oxidation sites excluding steroid dienone is 1. The van der Waals surface area contributed by atoms with Crippen molar-refractivity contribution in [3.05, 3.63) is 95.1 Å². The molecule has 1 heterocycles. The maximum atomic E-state index is 8.03. The van der Waals surface area contributed by atoms with Gasteiger partial charge in [0.15, 0.2) is 0 Å². The molecule has 0 saturated carbocycles. The van der Waals surface area contributed by atoms with Crippen LogP contribution in [0.15, 0.2) is 78.4 Å². The Hall–Kier alpha value is -1.27. The van der Waals surface area contributed by atoms with E-state index >= 15 is 0 Å². The zero-order valence-electron chi connectivity index (χ0n) is 29.2. The van der Waals surface area contributed by atoms with Crippen molar-refractivity contribution in [3.63, 3.8) is 0 Å². The molecule has 0 fully saturated rings. The molecule has 1 aliphatic heterocycles. The van der Waals surface area contributed by atoms with Gasteiger partial charge in [-0.2, -0.15) is 0 Å². The fourth-order valence-electron chi connectivity index (χ4n) is 7.62. The van der Waals surface area contributed by atoms with Gasteiger partial charge in [0.2, 0.25) is 0 Å². The van der Waals surface area contributed by atoms with Gasteiger partial charge < -0.3 is 0 Å². The first kappa shape index (κ1) is 34.6. The molecule has 0 nitrogen and oxygen atoms in total. The van der Waals surface area contributed by atoms with Crippen LogP contribution in [-0.4, -0.2) is 25.7 Å². The topological polar surface area (TPSA) is 0 Å². The third-order valence-electron chi connectivity index (χ3n) is 10.3. The summed E-state index contributed by atoms with van der Waals surface area (Å²) in [4.78, 5) is 0. The minimum absolute atomic E-state index is 0.125. The van der Waals surface area contributed by atoms with Gasteiger partial charge in [-0.05, 0) is 0 Å². The van der Waals surface area contributed by atoms with Crippen molar-refractivity contribution < 1.29 is 17.9 Å². The molecule has 0 aromatic heterocycles. The first-order valence-electron chi connectivity index (χ1n) is 17.2. The van der Waals surface area contributed by atoms with Gasteiger partial charge in [-0.3, -0.25) is 0 Å². The normalized spacial score (nSPS) is 16.5. The average Bonchev–Trinajstić information content (AvgIpc) is 3.57. The second-order valence-corrected chi connectivity index (χ2v) is 42.0. The third-order valence-corrected chi connectivity index (χ3v) is 28.7. The molecule has 1 unspecified atom stereocenters. The van der Waals surface area contributed by atoms with Crippen LogP contribution in [0.1, 0.15) is 66.3 Å². The Morgan fingerprint density at radius 2 is 1.46 bits per heavy atom. The predicted octanol–water partition coefficient (Wildman–Crippen LogP) is 9.08. The van der Waals surface area contributed by atoms with Crippen LogP contribution >= 0.6 is 17.0 Å². The number of benzene rings is 4. The second-order valence-electron chi connectivity index (χ2n) is 16.0. The number of fused-ring (bicyclic) bond motifs is 4. The van der Waals surface area contributed by atoms with Crippen molar-refractivity contribution in [2.75, 3.05) is 0 Å². The van der Waals surface area contributed by atoms with E-state index in [-0.39, 0.29) is 3.63 Å².